The van der Waals surface area contributed by atoms with Crippen LogP contribution in [0.3, 0.4) is 0 Å². The Labute approximate surface area is 132 Å². The predicted octanol–water partition coefficient (Wildman–Crippen LogP) is 2.76. The molecule has 0 aromatic heterocycles. The van der Waals surface area contributed by atoms with Crippen molar-refractivity contribution in [1.29, 1.82) is 0 Å². The summed E-state index contributed by atoms with van der Waals surface area (Å²) in [5.74, 6) is 2.88. The molecule has 1 N–H and O–H groups in total. The fraction of sp³-hybridized carbons (Fsp3) is 0.611. The summed E-state index contributed by atoms with van der Waals surface area (Å²) >= 11 is 0. The standard InChI is InChI=1S/C18H25NO3/c1-13(20)22-17-4-2-14(3-5-17)11-21-12-16-10-18(16)15-6-8-19-9-7-15/h2-5,15-16,18-19H,6-12H2,1H3. The van der Waals surface area contributed by atoms with E-state index in [-0.39, 0.29) is 5.97 Å². The van der Waals surface area contributed by atoms with Crippen LogP contribution < -0.4 is 10.1 Å². The highest BCUT2D eigenvalue weighted by atomic mass is 16.5. The normalized spacial score (nSPS) is 25.0. The van der Waals surface area contributed by atoms with Crippen LogP contribution in [0.15, 0.2) is 24.3 Å². The van der Waals surface area contributed by atoms with Crippen LogP contribution >= 0.6 is 0 Å². The highest BCUT2D eigenvalue weighted by Gasteiger charge is 2.42. The lowest BCUT2D eigenvalue weighted by atomic mass is 9.92. The molecule has 2 atom stereocenters. The number of rotatable bonds is 6. The second-order valence-electron chi connectivity index (χ2n) is 6.50. The van der Waals surface area contributed by atoms with Gasteiger partial charge in [0, 0.05) is 6.92 Å². The summed E-state index contributed by atoms with van der Waals surface area (Å²) in [6, 6.07) is 7.54. The second-order valence-corrected chi connectivity index (χ2v) is 6.50. The molecule has 1 aromatic carbocycles. The van der Waals surface area contributed by atoms with Crippen molar-refractivity contribution in [2.75, 3.05) is 19.7 Å². The van der Waals surface area contributed by atoms with E-state index in [0.29, 0.717) is 12.4 Å². The Balaban J connectivity index is 1.36. The summed E-state index contributed by atoms with van der Waals surface area (Å²) in [7, 11) is 0. The Morgan fingerprint density at radius 1 is 1.23 bits per heavy atom. The van der Waals surface area contributed by atoms with E-state index in [4.69, 9.17) is 9.47 Å². The van der Waals surface area contributed by atoms with Gasteiger partial charge >= 0.3 is 5.97 Å². The van der Waals surface area contributed by atoms with Crippen molar-refractivity contribution in [3.05, 3.63) is 29.8 Å². The van der Waals surface area contributed by atoms with Crippen molar-refractivity contribution in [2.24, 2.45) is 17.8 Å². The molecule has 120 valence electrons. The maximum atomic E-state index is 10.9. The van der Waals surface area contributed by atoms with Crippen LogP contribution in [0.2, 0.25) is 0 Å². The van der Waals surface area contributed by atoms with Crippen molar-refractivity contribution in [3.8, 4) is 5.75 Å². The SMILES string of the molecule is CC(=O)Oc1ccc(COCC2CC2C2CCNCC2)cc1. The molecule has 1 aromatic rings. The number of benzene rings is 1. The minimum Gasteiger partial charge on any atom is -0.427 e. The van der Waals surface area contributed by atoms with Crippen molar-refractivity contribution in [1.82, 2.24) is 5.32 Å². The Kier molecular flexibility index (Phi) is 5.11. The van der Waals surface area contributed by atoms with Gasteiger partial charge < -0.3 is 14.8 Å². The minimum atomic E-state index is -0.290. The lowest BCUT2D eigenvalue weighted by Crippen LogP contribution is -2.29. The van der Waals surface area contributed by atoms with E-state index in [2.05, 4.69) is 5.32 Å². The molecule has 1 saturated carbocycles. The largest absolute Gasteiger partial charge is 0.427 e. The van der Waals surface area contributed by atoms with E-state index < -0.39 is 0 Å². The highest BCUT2D eigenvalue weighted by molar-refractivity contribution is 5.69. The summed E-state index contributed by atoms with van der Waals surface area (Å²) in [5.41, 5.74) is 1.12. The van der Waals surface area contributed by atoms with Gasteiger partial charge in [0.1, 0.15) is 5.75 Å². The molecule has 2 aliphatic rings. The number of piperidine rings is 1. The third kappa shape index (κ3) is 4.31. The van der Waals surface area contributed by atoms with Gasteiger partial charge in [0.15, 0.2) is 0 Å². The van der Waals surface area contributed by atoms with Crippen LogP contribution in [0.4, 0.5) is 0 Å². The number of ether oxygens (including phenoxy) is 2. The molecule has 1 heterocycles. The highest BCUT2D eigenvalue weighted by Crippen LogP contribution is 2.47. The number of esters is 1. The fourth-order valence-corrected chi connectivity index (χ4v) is 3.46. The molecule has 1 saturated heterocycles. The van der Waals surface area contributed by atoms with Crippen LogP contribution in [0.1, 0.15) is 31.7 Å². The van der Waals surface area contributed by atoms with Gasteiger partial charge in [-0.25, -0.2) is 0 Å². The van der Waals surface area contributed by atoms with E-state index in [0.717, 1.165) is 29.9 Å². The second kappa shape index (κ2) is 7.25. The molecule has 0 amide bonds. The zero-order valence-electron chi connectivity index (χ0n) is 13.2. The van der Waals surface area contributed by atoms with Gasteiger partial charge in [-0.05, 0) is 67.8 Å². The monoisotopic (exact) mass is 303 g/mol. The summed E-state index contributed by atoms with van der Waals surface area (Å²) in [6.07, 6.45) is 4.01. The Hall–Kier alpha value is -1.39. The maximum absolute atomic E-state index is 10.9. The van der Waals surface area contributed by atoms with E-state index in [1.54, 1.807) is 0 Å². The van der Waals surface area contributed by atoms with Crippen LogP contribution in [0.25, 0.3) is 0 Å². The van der Waals surface area contributed by atoms with Crippen LogP contribution in [0, 0.1) is 17.8 Å². The molecular formula is C18H25NO3. The number of carbonyl (C=O) groups excluding carboxylic acids is 1. The molecule has 0 spiro atoms. The van der Waals surface area contributed by atoms with Crippen molar-refractivity contribution < 1.29 is 14.3 Å². The number of carbonyl (C=O) groups is 1. The van der Waals surface area contributed by atoms with E-state index in [1.807, 2.05) is 24.3 Å². The molecule has 1 aliphatic heterocycles. The van der Waals surface area contributed by atoms with Gasteiger partial charge in [0.25, 0.3) is 0 Å². The van der Waals surface area contributed by atoms with Gasteiger partial charge in [-0.3, -0.25) is 4.79 Å². The molecule has 4 nitrogen and oxygen atoms in total. The van der Waals surface area contributed by atoms with E-state index in [1.165, 1.54) is 39.3 Å². The number of hydrogen-bond donors (Lipinski definition) is 1. The summed E-state index contributed by atoms with van der Waals surface area (Å²) < 4.78 is 10.9. The molecule has 1 aliphatic carbocycles. The molecule has 0 radical (unpaired) electrons. The van der Waals surface area contributed by atoms with E-state index in [9.17, 15) is 4.79 Å². The summed E-state index contributed by atoms with van der Waals surface area (Å²) in [5, 5.41) is 3.43. The molecular weight excluding hydrogens is 278 g/mol. The number of hydrogen-bond acceptors (Lipinski definition) is 4. The Bertz CT molecular complexity index is 494. The molecule has 2 unspecified atom stereocenters. The summed E-state index contributed by atoms with van der Waals surface area (Å²) in [6.45, 7) is 5.29. The first-order valence-electron chi connectivity index (χ1n) is 8.28. The molecule has 22 heavy (non-hydrogen) atoms. The van der Waals surface area contributed by atoms with Crippen molar-refractivity contribution >= 4 is 5.97 Å². The van der Waals surface area contributed by atoms with Gasteiger partial charge in [0.2, 0.25) is 0 Å². The molecule has 3 rings (SSSR count). The van der Waals surface area contributed by atoms with Crippen LogP contribution in [-0.4, -0.2) is 25.7 Å². The van der Waals surface area contributed by atoms with Crippen LogP contribution in [-0.2, 0) is 16.1 Å². The average Bonchev–Trinajstić information content (AvgIpc) is 3.29. The van der Waals surface area contributed by atoms with Gasteiger partial charge in [-0.2, -0.15) is 0 Å². The fourth-order valence-electron chi connectivity index (χ4n) is 3.46. The minimum absolute atomic E-state index is 0.290. The first-order chi connectivity index (χ1) is 10.7. The third-order valence-electron chi connectivity index (χ3n) is 4.75. The average molecular weight is 303 g/mol. The van der Waals surface area contributed by atoms with Gasteiger partial charge in [-0.1, -0.05) is 12.1 Å². The smallest absolute Gasteiger partial charge is 0.308 e. The van der Waals surface area contributed by atoms with Gasteiger partial charge in [0.05, 0.1) is 13.2 Å². The molecule has 2 fully saturated rings. The quantitative estimate of drug-likeness (QED) is 0.648. The lowest BCUT2D eigenvalue weighted by Gasteiger charge is -2.22. The van der Waals surface area contributed by atoms with Crippen molar-refractivity contribution in [2.45, 2.75) is 32.8 Å². The zero-order chi connectivity index (χ0) is 15.4. The zero-order valence-corrected chi connectivity index (χ0v) is 13.2. The lowest BCUT2D eigenvalue weighted by molar-refractivity contribution is -0.131. The first kappa shape index (κ1) is 15.5. The maximum Gasteiger partial charge on any atom is 0.308 e. The summed E-state index contributed by atoms with van der Waals surface area (Å²) in [4.78, 5) is 10.9. The van der Waals surface area contributed by atoms with Gasteiger partial charge in [-0.15, -0.1) is 0 Å². The number of nitrogens with one attached hydrogen (secondary N) is 1. The van der Waals surface area contributed by atoms with E-state index >= 15 is 0 Å². The topological polar surface area (TPSA) is 47.6 Å². The third-order valence-corrected chi connectivity index (χ3v) is 4.75. The van der Waals surface area contributed by atoms with Crippen LogP contribution in [0.5, 0.6) is 5.75 Å². The van der Waals surface area contributed by atoms with Crippen molar-refractivity contribution in [3.63, 3.8) is 0 Å². The molecule has 4 heteroatoms. The predicted molar refractivity (Wildman–Crippen MR) is 84.6 cm³/mol. The Morgan fingerprint density at radius 2 is 1.95 bits per heavy atom. The first-order valence-corrected chi connectivity index (χ1v) is 8.28. The molecule has 0 bridgehead atoms. The Morgan fingerprint density at radius 3 is 2.64 bits per heavy atom.